The Morgan fingerprint density at radius 3 is 2.81 bits per heavy atom. The highest BCUT2D eigenvalue weighted by molar-refractivity contribution is 5.95. The second-order valence-electron chi connectivity index (χ2n) is 4.60. The van der Waals surface area contributed by atoms with E-state index in [1.165, 1.54) is 12.1 Å². The molecular weight excluding hydrogens is 205 g/mol. The van der Waals surface area contributed by atoms with Gasteiger partial charge in [0, 0.05) is 18.7 Å². The van der Waals surface area contributed by atoms with E-state index in [4.69, 9.17) is 0 Å². The summed E-state index contributed by atoms with van der Waals surface area (Å²) < 4.78 is 12.9. The fourth-order valence-electron chi connectivity index (χ4n) is 2.16. The van der Waals surface area contributed by atoms with E-state index in [0.717, 1.165) is 19.5 Å². The van der Waals surface area contributed by atoms with Crippen LogP contribution in [0.1, 0.15) is 29.3 Å². The second kappa shape index (κ2) is 4.24. The number of halogens is 1. The molecule has 0 aromatic heterocycles. The zero-order chi connectivity index (χ0) is 11.7. The number of benzene rings is 1. The van der Waals surface area contributed by atoms with Crippen molar-refractivity contribution in [1.29, 1.82) is 0 Å². The largest absolute Gasteiger partial charge is 0.338 e. The molecule has 1 fully saturated rings. The summed E-state index contributed by atoms with van der Waals surface area (Å²) in [5.74, 6) is 0.315. The van der Waals surface area contributed by atoms with E-state index >= 15 is 0 Å². The van der Waals surface area contributed by atoms with Crippen LogP contribution in [0.15, 0.2) is 18.2 Å². The lowest BCUT2D eigenvalue weighted by molar-refractivity contribution is 0.0787. The number of aryl methyl sites for hydroxylation is 1. The average molecular weight is 221 g/mol. The van der Waals surface area contributed by atoms with Crippen molar-refractivity contribution in [2.45, 2.75) is 20.3 Å². The summed E-state index contributed by atoms with van der Waals surface area (Å²) >= 11 is 0. The molecule has 0 N–H and O–H groups in total. The number of hydrogen-bond donors (Lipinski definition) is 0. The number of carbonyl (C=O) groups excluding carboxylic acids is 1. The quantitative estimate of drug-likeness (QED) is 0.713. The molecule has 1 unspecified atom stereocenters. The van der Waals surface area contributed by atoms with Gasteiger partial charge in [-0.15, -0.1) is 0 Å². The van der Waals surface area contributed by atoms with Gasteiger partial charge >= 0.3 is 0 Å². The summed E-state index contributed by atoms with van der Waals surface area (Å²) in [7, 11) is 0. The van der Waals surface area contributed by atoms with Crippen molar-refractivity contribution in [3.05, 3.63) is 35.1 Å². The van der Waals surface area contributed by atoms with E-state index in [2.05, 4.69) is 6.92 Å². The Morgan fingerprint density at radius 1 is 1.50 bits per heavy atom. The Hall–Kier alpha value is -1.38. The molecule has 0 saturated carbocycles. The van der Waals surface area contributed by atoms with Crippen molar-refractivity contribution >= 4 is 5.91 Å². The van der Waals surface area contributed by atoms with Crippen molar-refractivity contribution in [1.82, 2.24) is 4.90 Å². The van der Waals surface area contributed by atoms with Gasteiger partial charge in [0.05, 0.1) is 0 Å². The van der Waals surface area contributed by atoms with E-state index in [1.54, 1.807) is 13.0 Å². The standard InChI is InChI=1S/C13H16FNO/c1-9-5-6-15(8-9)13(16)12-4-3-11(14)7-10(12)2/h3-4,7,9H,5-6,8H2,1-2H3. The minimum absolute atomic E-state index is 0.0295. The Labute approximate surface area is 95.1 Å². The van der Waals surface area contributed by atoms with Gasteiger partial charge in [0.2, 0.25) is 0 Å². The van der Waals surface area contributed by atoms with Gasteiger partial charge in [-0.05, 0) is 43.0 Å². The van der Waals surface area contributed by atoms with Crippen LogP contribution < -0.4 is 0 Å². The molecule has 1 aliphatic rings. The predicted octanol–water partition coefficient (Wildman–Crippen LogP) is 2.62. The third-order valence-electron chi connectivity index (χ3n) is 3.13. The summed E-state index contributed by atoms with van der Waals surface area (Å²) in [6.45, 7) is 5.55. The molecule has 1 saturated heterocycles. The highest BCUT2D eigenvalue weighted by Gasteiger charge is 2.24. The fourth-order valence-corrected chi connectivity index (χ4v) is 2.16. The van der Waals surface area contributed by atoms with Crippen LogP contribution in [0.25, 0.3) is 0 Å². The van der Waals surface area contributed by atoms with Gasteiger partial charge in [0.25, 0.3) is 5.91 Å². The normalized spacial score (nSPS) is 20.2. The van der Waals surface area contributed by atoms with Crippen molar-refractivity contribution in [3.8, 4) is 0 Å². The van der Waals surface area contributed by atoms with Crippen LogP contribution in [0.2, 0.25) is 0 Å². The topological polar surface area (TPSA) is 20.3 Å². The molecule has 0 bridgehead atoms. The third kappa shape index (κ3) is 2.08. The molecule has 1 aliphatic heterocycles. The first-order chi connectivity index (χ1) is 7.58. The van der Waals surface area contributed by atoms with Gasteiger partial charge < -0.3 is 4.90 Å². The van der Waals surface area contributed by atoms with Crippen molar-refractivity contribution in [2.75, 3.05) is 13.1 Å². The summed E-state index contributed by atoms with van der Waals surface area (Å²) in [4.78, 5) is 14.0. The zero-order valence-electron chi connectivity index (χ0n) is 9.66. The molecule has 1 heterocycles. The lowest BCUT2D eigenvalue weighted by atomic mass is 10.1. The molecule has 16 heavy (non-hydrogen) atoms. The van der Waals surface area contributed by atoms with E-state index < -0.39 is 0 Å². The average Bonchev–Trinajstić information content (AvgIpc) is 2.64. The Balaban J connectivity index is 2.21. The molecule has 86 valence electrons. The van der Waals surface area contributed by atoms with E-state index in [0.29, 0.717) is 17.0 Å². The van der Waals surface area contributed by atoms with Crippen molar-refractivity contribution < 1.29 is 9.18 Å². The van der Waals surface area contributed by atoms with Gasteiger partial charge in [-0.25, -0.2) is 4.39 Å². The van der Waals surface area contributed by atoms with Crippen LogP contribution in [-0.4, -0.2) is 23.9 Å². The van der Waals surface area contributed by atoms with Gasteiger partial charge in [-0.2, -0.15) is 0 Å². The number of rotatable bonds is 1. The minimum Gasteiger partial charge on any atom is -0.338 e. The highest BCUT2D eigenvalue weighted by Crippen LogP contribution is 2.19. The maximum Gasteiger partial charge on any atom is 0.254 e. The highest BCUT2D eigenvalue weighted by atomic mass is 19.1. The molecule has 0 spiro atoms. The van der Waals surface area contributed by atoms with E-state index in [1.807, 2.05) is 4.90 Å². The third-order valence-corrected chi connectivity index (χ3v) is 3.13. The fraction of sp³-hybridized carbons (Fsp3) is 0.462. The van der Waals surface area contributed by atoms with Gasteiger partial charge in [-0.3, -0.25) is 4.79 Å². The molecular formula is C13H16FNO. The van der Waals surface area contributed by atoms with Crippen molar-refractivity contribution in [3.63, 3.8) is 0 Å². The number of likely N-dealkylation sites (tertiary alicyclic amines) is 1. The molecule has 2 rings (SSSR count). The van der Waals surface area contributed by atoms with E-state index in [-0.39, 0.29) is 11.7 Å². The molecule has 1 amide bonds. The van der Waals surface area contributed by atoms with Crippen LogP contribution >= 0.6 is 0 Å². The van der Waals surface area contributed by atoms with Gasteiger partial charge in [-0.1, -0.05) is 6.92 Å². The lowest BCUT2D eigenvalue weighted by Gasteiger charge is -2.17. The van der Waals surface area contributed by atoms with Gasteiger partial charge in [0.15, 0.2) is 0 Å². The van der Waals surface area contributed by atoms with Crippen LogP contribution in [0.3, 0.4) is 0 Å². The number of amides is 1. The first-order valence-electron chi connectivity index (χ1n) is 5.63. The Bertz CT molecular complexity index is 416. The maximum absolute atomic E-state index is 12.9. The summed E-state index contributed by atoms with van der Waals surface area (Å²) in [6.07, 6.45) is 1.06. The van der Waals surface area contributed by atoms with Crippen LogP contribution in [0.4, 0.5) is 4.39 Å². The summed E-state index contributed by atoms with van der Waals surface area (Å²) in [5, 5.41) is 0. The van der Waals surface area contributed by atoms with Crippen LogP contribution in [0.5, 0.6) is 0 Å². The van der Waals surface area contributed by atoms with E-state index in [9.17, 15) is 9.18 Å². The molecule has 1 atom stereocenters. The Kier molecular flexibility index (Phi) is 2.95. The summed E-state index contributed by atoms with van der Waals surface area (Å²) in [5.41, 5.74) is 1.33. The monoisotopic (exact) mass is 221 g/mol. The molecule has 1 aromatic carbocycles. The maximum atomic E-state index is 12.9. The molecule has 0 radical (unpaired) electrons. The molecule has 1 aromatic rings. The first-order valence-corrected chi connectivity index (χ1v) is 5.63. The molecule has 3 heteroatoms. The van der Waals surface area contributed by atoms with Crippen molar-refractivity contribution in [2.24, 2.45) is 5.92 Å². The number of hydrogen-bond acceptors (Lipinski definition) is 1. The number of nitrogens with zero attached hydrogens (tertiary/aromatic N) is 1. The van der Waals surface area contributed by atoms with Crippen LogP contribution in [0, 0.1) is 18.7 Å². The zero-order valence-corrected chi connectivity index (χ0v) is 9.66. The van der Waals surface area contributed by atoms with Gasteiger partial charge in [0.1, 0.15) is 5.82 Å². The predicted molar refractivity (Wildman–Crippen MR) is 60.8 cm³/mol. The van der Waals surface area contributed by atoms with Crippen LogP contribution in [-0.2, 0) is 0 Å². The molecule has 2 nitrogen and oxygen atoms in total. The molecule has 0 aliphatic carbocycles. The first kappa shape index (κ1) is 11.1. The summed E-state index contributed by atoms with van der Waals surface area (Å²) in [6, 6.07) is 4.34. The second-order valence-corrected chi connectivity index (χ2v) is 4.60. The Morgan fingerprint density at radius 2 is 2.25 bits per heavy atom. The minimum atomic E-state index is -0.288. The number of carbonyl (C=O) groups is 1. The lowest BCUT2D eigenvalue weighted by Crippen LogP contribution is -2.29. The SMILES string of the molecule is Cc1cc(F)ccc1C(=O)N1CCC(C)C1. The smallest absolute Gasteiger partial charge is 0.254 e.